The summed E-state index contributed by atoms with van der Waals surface area (Å²) >= 11 is 0. The molecule has 0 aromatic rings. The number of hydrogen-bond donors (Lipinski definition) is 2. The van der Waals surface area contributed by atoms with E-state index >= 15 is 0 Å². The highest BCUT2D eigenvalue weighted by atomic mass is 16.3. The van der Waals surface area contributed by atoms with Gasteiger partial charge in [-0.15, -0.1) is 0 Å². The van der Waals surface area contributed by atoms with Crippen LogP contribution in [-0.4, -0.2) is 48.7 Å². The quantitative estimate of drug-likeness (QED) is 0.734. The van der Waals surface area contributed by atoms with Gasteiger partial charge in [0, 0.05) is 19.0 Å². The predicted octanol–water partition coefficient (Wildman–Crippen LogP) is 0.461. The second-order valence-electron chi connectivity index (χ2n) is 6.38. The van der Waals surface area contributed by atoms with Gasteiger partial charge in [0.15, 0.2) is 0 Å². The van der Waals surface area contributed by atoms with Crippen LogP contribution in [0.1, 0.15) is 26.2 Å². The normalized spacial score (nSPS) is 34.3. The molecule has 0 aliphatic heterocycles. The molecule has 4 heteroatoms. The van der Waals surface area contributed by atoms with Gasteiger partial charge in [0.05, 0.1) is 5.60 Å². The summed E-state index contributed by atoms with van der Waals surface area (Å²) in [7, 11) is 3.83. The van der Waals surface area contributed by atoms with E-state index in [9.17, 15) is 9.90 Å². The van der Waals surface area contributed by atoms with Gasteiger partial charge in [-0.05, 0) is 52.1 Å². The highest BCUT2D eigenvalue weighted by molar-refractivity contribution is 5.79. The van der Waals surface area contributed by atoms with E-state index in [2.05, 4.69) is 5.32 Å². The number of carbonyl (C=O) groups excluding carboxylic acids is 1. The zero-order valence-corrected chi connectivity index (χ0v) is 11.1. The molecule has 0 aromatic heterocycles. The lowest BCUT2D eigenvalue weighted by Gasteiger charge is -2.27. The number of carbonyl (C=O) groups is 1. The van der Waals surface area contributed by atoms with Crippen molar-refractivity contribution in [3.05, 3.63) is 0 Å². The second-order valence-corrected chi connectivity index (χ2v) is 6.38. The van der Waals surface area contributed by atoms with E-state index in [1.807, 2.05) is 19.0 Å². The first-order valence-electron chi connectivity index (χ1n) is 6.52. The average molecular weight is 240 g/mol. The van der Waals surface area contributed by atoms with Crippen LogP contribution in [0.15, 0.2) is 0 Å². The maximum Gasteiger partial charge on any atom is 0.223 e. The molecule has 2 rings (SSSR count). The largest absolute Gasteiger partial charge is 0.387 e. The fourth-order valence-corrected chi connectivity index (χ4v) is 3.09. The number of likely N-dealkylation sites (N-methyl/N-ethyl adjacent to an activating group) is 1. The molecule has 0 radical (unpaired) electrons. The molecule has 2 aliphatic carbocycles. The highest BCUT2D eigenvalue weighted by Gasteiger charge is 2.48. The smallest absolute Gasteiger partial charge is 0.223 e. The molecule has 4 nitrogen and oxygen atoms in total. The lowest BCUT2D eigenvalue weighted by atomic mass is 10.0. The Morgan fingerprint density at radius 2 is 1.94 bits per heavy atom. The van der Waals surface area contributed by atoms with Crippen LogP contribution in [0.2, 0.25) is 0 Å². The number of hydrogen-bond acceptors (Lipinski definition) is 3. The number of fused-ring (bicyclic) bond motifs is 1. The molecule has 0 heterocycles. The summed E-state index contributed by atoms with van der Waals surface area (Å²) in [5, 5.41) is 13.0. The number of amides is 1. The first-order valence-corrected chi connectivity index (χ1v) is 6.52. The molecule has 17 heavy (non-hydrogen) atoms. The van der Waals surface area contributed by atoms with Gasteiger partial charge < -0.3 is 15.3 Å². The molecule has 2 fully saturated rings. The monoisotopic (exact) mass is 240 g/mol. The van der Waals surface area contributed by atoms with E-state index in [4.69, 9.17) is 0 Å². The van der Waals surface area contributed by atoms with Crippen LogP contribution in [0.5, 0.6) is 0 Å². The van der Waals surface area contributed by atoms with Gasteiger partial charge in [-0.2, -0.15) is 0 Å². The molecule has 1 amide bonds. The summed E-state index contributed by atoms with van der Waals surface area (Å²) in [5.41, 5.74) is -0.847. The fourth-order valence-electron chi connectivity index (χ4n) is 3.09. The lowest BCUT2D eigenvalue weighted by Crippen LogP contribution is -2.48. The van der Waals surface area contributed by atoms with Crippen LogP contribution in [0.3, 0.4) is 0 Å². The van der Waals surface area contributed by atoms with E-state index in [1.54, 1.807) is 6.92 Å². The number of rotatable bonds is 5. The summed E-state index contributed by atoms with van der Waals surface area (Å²) in [6, 6.07) is 0. The van der Waals surface area contributed by atoms with Crippen molar-refractivity contribution in [1.29, 1.82) is 0 Å². The second kappa shape index (κ2) is 4.58. The van der Waals surface area contributed by atoms with E-state index in [1.165, 1.54) is 6.42 Å². The topological polar surface area (TPSA) is 52.6 Å². The fraction of sp³-hybridized carbons (Fsp3) is 0.923. The molecule has 2 saturated carbocycles. The number of nitrogens with one attached hydrogen (secondary N) is 1. The molecule has 0 aromatic carbocycles. The number of nitrogens with zero attached hydrogens (tertiary/aromatic N) is 1. The third-order valence-corrected chi connectivity index (χ3v) is 3.91. The van der Waals surface area contributed by atoms with Crippen molar-refractivity contribution in [3.8, 4) is 0 Å². The summed E-state index contributed by atoms with van der Waals surface area (Å²) < 4.78 is 0. The molecule has 2 N–H and O–H groups in total. The van der Waals surface area contributed by atoms with Crippen LogP contribution in [-0.2, 0) is 4.79 Å². The Labute approximate surface area is 103 Å². The van der Waals surface area contributed by atoms with Crippen LogP contribution < -0.4 is 5.32 Å². The van der Waals surface area contributed by atoms with Gasteiger partial charge in [-0.1, -0.05) is 0 Å². The summed E-state index contributed by atoms with van der Waals surface area (Å²) in [5.74, 6) is 1.99. The van der Waals surface area contributed by atoms with Crippen LogP contribution in [0.25, 0.3) is 0 Å². The third kappa shape index (κ3) is 3.42. The Balaban J connectivity index is 1.71. The first-order chi connectivity index (χ1) is 7.87. The van der Waals surface area contributed by atoms with Gasteiger partial charge >= 0.3 is 0 Å². The SMILES string of the molecule is CN(C)CC(C)(O)CNC(=O)C1CC2CC2C1. The Morgan fingerprint density at radius 3 is 2.47 bits per heavy atom. The number of aliphatic hydroxyl groups is 1. The molecule has 2 aliphatic rings. The Bertz CT molecular complexity index is 292. The zero-order chi connectivity index (χ0) is 12.6. The van der Waals surface area contributed by atoms with Gasteiger partial charge in [-0.3, -0.25) is 4.79 Å². The maximum absolute atomic E-state index is 11.9. The Kier molecular flexibility index (Phi) is 3.46. The van der Waals surface area contributed by atoms with Crippen molar-refractivity contribution in [1.82, 2.24) is 10.2 Å². The van der Waals surface area contributed by atoms with Crippen molar-refractivity contribution < 1.29 is 9.90 Å². The molecule has 0 saturated heterocycles. The van der Waals surface area contributed by atoms with Gasteiger partial charge in [-0.25, -0.2) is 0 Å². The van der Waals surface area contributed by atoms with E-state index < -0.39 is 5.60 Å². The van der Waals surface area contributed by atoms with Crippen LogP contribution in [0.4, 0.5) is 0 Å². The van der Waals surface area contributed by atoms with Crippen molar-refractivity contribution in [3.63, 3.8) is 0 Å². The van der Waals surface area contributed by atoms with Gasteiger partial charge in [0.25, 0.3) is 0 Å². The van der Waals surface area contributed by atoms with Gasteiger partial charge in [0.1, 0.15) is 0 Å². The average Bonchev–Trinajstić information content (AvgIpc) is 2.80. The van der Waals surface area contributed by atoms with Crippen LogP contribution >= 0.6 is 0 Å². The molecule has 0 spiro atoms. The molecule has 0 bridgehead atoms. The minimum absolute atomic E-state index is 0.135. The van der Waals surface area contributed by atoms with Gasteiger partial charge in [0.2, 0.25) is 5.91 Å². The molecule has 3 atom stereocenters. The Hall–Kier alpha value is -0.610. The molecular weight excluding hydrogens is 216 g/mol. The van der Waals surface area contributed by atoms with Crippen molar-refractivity contribution in [2.24, 2.45) is 17.8 Å². The van der Waals surface area contributed by atoms with Crippen molar-refractivity contribution in [2.75, 3.05) is 27.2 Å². The zero-order valence-electron chi connectivity index (χ0n) is 11.1. The van der Waals surface area contributed by atoms with E-state index in [0.717, 1.165) is 24.7 Å². The van der Waals surface area contributed by atoms with Crippen molar-refractivity contribution in [2.45, 2.75) is 31.8 Å². The van der Waals surface area contributed by atoms with E-state index in [-0.39, 0.29) is 11.8 Å². The standard InChI is InChI=1S/C13H24N2O2/c1-13(17,8-15(2)3)7-14-12(16)11-5-9-4-10(9)6-11/h9-11,17H,4-8H2,1-3H3,(H,14,16). The molecule has 3 unspecified atom stereocenters. The maximum atomic E-state index is 11.9. The predicted molar refractivity (Wildman–Crippen MR) is 66.5 cm³/mol. The van der Waals surface area contributed by atoms with E-state index in [0.29, 0.717) is 13.1 Å². The van der Waals surface area contributed by atoms with Crippen LogP contribution in [0, 0.1) is 17.8 Å². The minimum atomic E-state index is -0.847. The summed E-state index contributed by atoms with van der Waals surface area (Å²) in [6.45, 7) is 2.67. The summed E-state index contributed by atoms with van der Waals surface area (Å²) in [6.07, 6.45) is 3.46. The third-order valence-electron chi connectivity index (χ3n) is 3.91. The minimum Gasteiger partial charge on any atom is -0.387 e. The molecular formula is C13H24N2O2. The Morgan fingerprint density at radius 1 is 1.35 bits per heavy atom. The van der Waals surface area contributed by atoms with Crippen molar-refractivity contribution >= 4 is 5.91 Å². The highest BCUT2D eigenvalue weighted by Crippen LogP contribution is 2.54. The lowest BCUT2D eigenvalue weighted by molar-refractivity contribution is -0.126. The molecule has 98 valence electrons. The first kappa shape index (κ1) is 12.8. The summed E-state index contributed by atoms with van der Waals surface area (Å²) in [4.78, 5) is 13.8.